The first-order valence-corrected chi connectivity index (χ1v) is 5.11. The lowest BCUT2D eigenvalue weighted by Gasteiger charge is -2.08. The number of nitrogens with zero attached hydrogens (tertiary/aromatic N) is 1. The van der Waals surface area contributed by atoms with E-state index in [2.05, 4.69) is 5.16 Å². The Morgan fingerprint density at radius 3 is 2.88 bits per heavy atom. The summed E-state index contributed by atoms with van der Waals surface area (Å²) in [6.45, 7) is 0.463. The normalized spacial score (nSPS) is 10.3. The molecule has 1 heterocycles. The van der Waals surface area contributed by atoms with Crippen LogP contribution in [-0.4, -0.2) is 16.9 Å². The topological polar surface area (TPSA) is 55.5 Å². The summed E-state index contributed by atoms with van der Waals surface area (Å²) in [4.78, 5) is 0. The number of hydrogen-bond acceptors (Lipinski definition) is 4. The fourth-order valence-electron chi connectivity index (χ4n) is 1.44. The standard InChI is InChI=1S/C12H13NO3/c14-8-6-10-3-1-2-4-12(10)15-9-11-5-7-13-16-11/h1-5,7,14H,6,8-9H2. The molecule has 2 rings (SSSR count). The van der Waals surface area contributed by atoms with E-state index in [4.69, 9.17) is 14.4 Å². The van der Waals surface area contributed by atoms with Gasteiger partial charge < -0.3 is 14.4 Å². The van der Waals surface area contributed by atoms with Crippen LogP contribution in [0.15, 0.2) is 41.1 Å². The Morgan fingerprint density at radius 2 is 2.12 bits per heavy atom. The van der Waals surface area contributed by atoms with Crippen molar-refractivity contribution in [3.05, 3.63) is 47.9 Å². The van der Waals surface area contributed by atoms with E-state index in [1.165, 1.54) is 0 Å². The molecule has 0 aliphatic rings. The van der Waals surface area contributed by atoms with Gasteiger partial charge in [-0.1, -0.05) is 23.4 Å². The van der Waals surface area contributed by atoms with Crippen LogP contribution in [0.1, 0.15) is 11.3 Å². The van der Waals surface area contributed by atoms with Crippen molar-refractivity contribution in [3.8, 4) is 5.75 Å². The molecule has 0 fully saturated rings. The van der Waals surface area contributed by atoms with Crippen molar-refractivity contribution in [2.24, 2.45) is 0 Å². The summed E-state index contributed by atoms with van der Waals surface area (Å²) >= 11 is 0. The van der Waals surface area contributed by atoms with Crippen LogP contribution in [0.5, 0.6) is 5.75 Å². The number of aromatic nitrogens is 1. The highest BCUT2D eigenvalue weighted by Crippen LogP contribution is 2.19. The summed E-state index contributed by atoms with van der Waals surface area (Å²) in [7, 11) is 0. The first-order chi connectivity index (χ1) is 7.90. The zero-order chi connectivity index (χ0) is 11.2. The molecule has 84 valence electrons. The highest BCUT2D eigenvalue weighted by atomic mass is 16.5. The molecular formula is C12H13NO3. The third-order valence-corrected chi connectivity index (χ3v) is 2.21. The molecule has 0 amide bonds. The van der Waals surface area contributed by atoms with Crippen molar-refractivity contribution in [3.63, 3.8) is 0 Å². The molecule has 0 aliphatic heterocycles. The lowest BCUT2D eigenvalue weighted by atomic mass is 10.1. The van der Waals surface area contributed by atoms with Gasteiger partial charge in [0.05, 0.1) is 6.20 Å². The predicted octanol–water partition coefficient (Wildman–Crippen LogP) is 1.79. The lowest BCUT2D eigenvalue weighted by molar-refractivity contribution is 0.244. The zero-order valence-electron chi connectivity index (χ0n) is 8.80. The first-order valence-electron chi connectivity index (χ1n) is 5.11. The van der Waals surface area contributed by atoms with E-state index in [1.54, 1.807) is 12.3 Å². The van der Waals surface area contributed by atoms with Crippen molar-refractivity contribution in [2.75, 3.05) is 6.61 Å². The van der Waals surface area contributed by atoms with Gasteiger partial charge >= 0.3 is 0 Å². The molecule has 1 N–H and O–H groups in total. The molecule has 0 saturated carbocycles. The van der Waals surface area contributed by atoms with Gasteiger partial charge in [-0.05, 0) is 18.1 Å². The van der Waals surface area contributed by atoms with Gasteiger partial charge in [-0.15, -0.1) is 0 Å². The minimum absolute atomic E-state index is 0.114. The van der Waals surface area contributed by atoms with Gasteiger partial charge in [-0.2, -0.15) is 0 Å². The molecule has 2 aromatic rings. The van der Waals surface area contributed by atoms with Crippen LogP contribution < -0.4 is 4.74 Å². The van der Waals surface area contributed by atoms with Gasteiger partial charge in [0.15, 0.2) is 5.76 Å². The van der Waals surface area contributed by atoms with E-state index < -0.39 is 0 Å². The number of para-hydroxylation sites is 1. The van der Waals surface area contributed by atoms with Crippen LogP contribution in [-0.2, 0) is 13.0 Å². The molecule has 0 atom stereocenters. The van der Waals surface area contributed by atoms with E-state index in [-0.39, 0.29) is 6.61 Å². The molecular weight excluding hydrogens is 206 g/mol. The van der Waals surface area contributed by atoms with Gasteiger partial charge in [-0.3, -0.25) is 0 Å². The van der Waals surface area contributed by atoms with Gasteiger partial charge in [0.25, 0.3) is 0 Å². The quantitative estimate of drug-likeness (QED) is 0.832. The number of aliphatic hydroxyl groups is 1. The second-order valence-electron chi connectivity index (χ2n) is 3.35. The van der Waals surface area contributed by atoms with Crippen molar-refractivity contribution in [1.29, 1.82) is 0 Å². The first kappa shape index (κ1) is 10.7. The van der Waals surface area contributed by atoms with E-state index >= 15 is 0 Å². The second kappa shape index (κ2) is 5.32. The van der Waals surface area contributed by atoms with Crippen LogP contribution in [0.4, 0.5) is 0 Å². The number of ether oxygens (including phenoxy) is 1. The largest absolute Gasteiger partial charge is 0.485 e. The molecule has 1 aromatic carbocycles. The Kier molecular flexibility index (Phi) is 3.56. The SMILES string of the molecule is OCCc1ccccc1OCc1ccno1. The van der Waals surface area contributed by atoms with Gasteiger partial charge in [-0.25, -0.2) is 0 Å². The summed E-state index contributed by atoms with van der Waals surface area (Å²) in [5.74, 6) is 1.45. The number of hydrogen-bond donors (Lipinski definition) is 1. The second-order valence-corrected chi connectivity index (χ2v) is 3.35. The third-order valence-electron chi connectivity index (χ3n) is 2.21. The molecule has 0 aliphatic carbocycles. The van der Waals surface area contributed by atoms with Crippen LogP contribution in [0.3, 0.4) is 0 Å². The Bertz CT molecular complexity index is 426. The Hall–Kier alpha value is -1.81. The Morgan fingerprint density at radius 1 is 1.25 bits per heavy atom. The molecule has 0 saturated heterocycles. The van der Waals surface area contributed by atoms with Crippen LogP contribution in [0.25, 0.3) is 0 Å². The summed E-state index contributed by atoms with van der Waals surface area (Å²) in [5.41, 5.74) is 0.990. The molecule has 0 spiro atoms. The molecule has 0 bridgehead atoms. The van der Waals surface area contributed by atoms with E-state index in [1.807, 2.05) is 24.3 Å². The molecule has 4 nitrogen and oxygen atoms in total. The molecule has 1 aromatic heterocycles. The van der Waals surface area contributed by atoms with Gasteiger partial charge in [0.1, 0.15) is 12.4 Å². The molecule has 0 radical (unpaired) electrons. The van der Waals surface area contributed by atoms with Crippen LogP contribution in [0.2, 0.25) is 0 Å². The van der Waals surface area contributed by atoms with E-state index in [0.29, 0.717) is 18.8 Å². The maximum absolute atomic E-state index is 8.91. The summed E-state index contributed by atoms with van der Waals surface area (Å²) in [5, 5.41) is 12.5. The fourth-order valence-corrected chi connectivity index (χ4v) is 1.44. The summed E-state index contributed by atoms with van der Waals surface area (Å²) in [6.07, 6.45) is 2.17. The predicted molar refractivity (Wildman–Crippen MR) is 58.1 cm³/mol. The minimum atomic E-state index is 0.114. The fraction of sp³-hybridized carbons (Fsp3) is 0.250. The van der Waals surface area contributed by atoms with Crippen molar-refractivity contribution in [2.45, 2.75) is 13.0 Å². The Balaban J connectivity index is 2.03. The zero-order valence-corrected chi connectivity index (χ0v) is 8.80. The number of aliphatic hydroxyl groups excluding tert-OH is 1. The molecule has 0 unspecified atom stereocenters. The monoisotopic (exact) mass is 219 g/mol. The lowest BCUT2D eigenvalue weighted by Crippen LogP contribution is -1.99. The van der Waals surface area contributed by atoms with E-state index in [9.17, 15) is 0 Å². The maximum Gasteiger partial charge on any atom is 0.174 e. The van der Waals surface area contributed by atoms with Gasteiger partial charge in [0.2, 0.25) is 0 Å². The van der Waals surface area contributed by atoms with Crippen molar-refractivity contribution >= 4 is 0 Å². The van der Waals surface area contributed by atoms with Crippen LogP contribution in [0, 0.1) is 0 Å². The number of rotatable bonds is 5. The van der Waals surface area contributed by atoms with Gasteiger partial charge in [0, 0.05) is 12.7 Å². The van der Waals surface area contributed by atoms with E-state index in [0.717, 1.165) is 11.3 Å². The average Bonchev–Trinajstić information content (AvgIpc) is 2.81. The number of benzene rings is 1. The highest BCUT2D eigenvalue weighted by Gasteiger charge is 2.04. The smallest absolute Gasteiger partial charge is 0.174 e. The summed E-state index contributed by atoms with van der Waals surface area (Å²) in [6, 6.07) is 9.39. The minimum Gasteiger partial charge on any atom is -0.485 e. The highest BCUT2D eigenvalue weighted by molar-refractivity contribution is 5.33. The molecule has 4 heteroatoms. The maximum atomic E-state index is 8.91. The third kappa shape index (κ3) is 2.61. The Labute approximate surface area is 93.5 Å². The van der Waals surface area contributed by atoms with Crippen molar-refractivity contribution < 1.29 is 14.4 Å². The average molecular weight is 219 g/mol. The summed E-state index contributed by atoms with van der Waals surface area (Å²) < 4.78 is 10.5. The van der Waals surface area contributed by atoms with Crippen LogP contribution >= 0.6 is 0 Å². The van der Waals surface area contributed by atoms with Crippen molar-refractivity contribution in [1.82, 2.24) is 5.16 Å². The molecule has 16 heavy (non-hydrogen) atoms.